The van der Waals surface area contributed by atoms with Gasteiger partial charge in [0.25, 0.3) is 11.4 Å². The minimum absolute atomic E-state index is 0.00605. The maximum absolute atomic E-state index is 12.7. The van der Waals surface area contributed by atoms with Gasteiger partial charge in [0.2, 0.25) is 0 Å². The van der Waals surface area contributed by atoms with E-state index >= 15 is 0 Å². The summed E-state index contributed by atoms with van der Waals surface area (Å²) in [5.41, 5.74) is -2.98. The first-order valence-corrected chi connectivity index (χ1v) is 8.58. The molecule has 2 aromatic carbocycles. The fourth-order valence-corrected chi connectivity index (χ4v) is 3.04. The first-order chi connectivity index (χ1) is 13.7. The van der Waals surface area contributed by atoms with E-state index in [9.17, 15) is 34.9 Å². The average molecular weight is 402 g/mol. The van der Waals surface area contributed by atoms with Gasteiger partial charge < -0.3 is 9.84 Å². The van der Waals surface area contributed by atoms with Crippen LogP contribution in [0, 0.1) is 25.6 Å². The van der Waals surface area contributed by atoms with E-state index < -0.39 is 40.0 Å². The van der Waals surface area contributed by atoms with E-state index in [1.165, 1.54) is 55.5 Å². The quantitative estimate of drug-likeness (QED) is 0.291. The smallest absolute Gasteiger partial charge is 0.324 e. The van der Waals surface area contributed by atoms with Crippen molar-refractivity contribution in [3.05, 3.63) is 79.9 Å². The summed E-state index contributed by atoms with van der Waals surface area (Å²) in [5, 5.41) is 32.6. The van der Waals surface area contributed by atoms with E-state index in [-0.39, 0.29) is 29.1 Å². The number of ether oxygens (including phenoxy) is 1. The van der Waals surface area contributed by atoms with Gasteiger partial charge in [0, 0.05) is 36.1 Å². The van der Waals surface area contributed by atoms with Crippen molar-refractivity contribution in [2.45, 2.75) is 19.8 Å². The molecule has 0 fully saturated rings. The van der Waals surface area contributed by atoms with Crippen LogP contribution in [0.15, 0.2) is 48.5 Å². The number of para-hydroxylation sites is 2. The van der Waals surface area contributed by atoms with Gasteiger partial charge in [-0.1, -0.05) is 36.4 Å². The number of carboxylic acids is 1. The summed E-state index contributed by atoms with van der Waals surface area (Å²) >= 11 is 0. The lowest BCUT2D eigenvalue weighted by Gasteiger charge is -2.27. The van der Waals surface area contributed by atoms with Gasteiger partial charge in [-0.05, 0) is 6.92 Å². The second-order valence-electron chi connectivity index (χ2n) is 6.23. The van der Waals surface area contributed by atoms with Gasteiger partial charge >= 0.3 is 11.9 Å². The van der Waals surface area contributed by atoms with Crippen LogP contribution in [0.3, 0.4) is 0 Å². The van der Waals surface area contributed by atoms with Crippen LogP contribution in [0.2, 0.25) is 0 Å². The number of hydrogen-bond acceptors (Lipinski definition) is 7. The molecule has 0 heterocycles. The van der Waals surface area contributed by atoms with E-state index in [1.807, 2.05) is 0 Å². The van der Waals surface area contributed by atoms with Crippen LogP contribution in [0.5, 0.6) is 0 Å². The third-order valence-electron chi connectivity index (χ3n) is 4.44. The molecule has 0 aromatic heterocycles. The minimum Gasteiger partial charge on any atom is -0.480 e. The Kier molecular flexibility index (Phi) is 6.60. The number of benzene rings is 2. The van der Waals surface area contributed by atoms with Gasteiger partial charge in [0.05, 0.1) is 16.5 Å². The standard InChI is InChI=1S/C19H18N2O8/c1-2-29-18(24)19(17(22)23,11-13-7-3-5-9-15(13)20(25)26)12-14-8-4-6-10-16(14)21(27)28/h3-10H,2,11-12H2,1H3,(H,22,23). The highest BCUT2D eigenvalue weighted by molar-refractivity contribution is 6.00. The summed E-state index contributed by atoms with van der Waals surface area (Å²) in [6.45, 7) is 1.36. The number of nitrogens with zero attached hydrogens (tertiary/aromatic N) is 2. The van der Waals surface area contributed by atoms with Gasteiger partial charge in [-0.2, -0.15) is 0 Å². The summed E-state index contributed by atoms with van der Waals surface area (Å²) in [6, 6.07) is 10.8. The van der Waals surface area contributed by atoms with E-state index in [0.717, 1.165) is 0 Å². The van der Waals surface area contributed by atoms with E-state index in [0.29, 0.717) is 0 Å². The molecule has 0 amide bonds. The lowest BCUT2D eigenvalue weighted by Crippen LogP contribution is -2.45. The van der Waals surface area contributed by atoms with Crippen LogP contribution in [0.1, 0.15) is 18.1 Å². The molecular formula is C19H18N2O8. The van der Waals surface area contributed by atoms with Crippen molar-refractivity contribution in [2.24, 2.45) is 5.41 Å². The highest BCUT2D eigenvalue weighted by Crippen LogP contribution is 2.36. The molecule has 0 saturated carbocycles. The normalized spacial score (nSPS) is 10.9. The molecule has 0 bridgehead atoms. The second kappa shape index (κ2) is 8.91. The maximum Gasteiger partial charge on any atom is 0.324 e. The molecule has 0 unspecified atom stereocenters. The molecule has 0 radical (unpaired) electrons. The predicted molar refractivity (Wildman–Crippen MR) is 100 cm³/mol. The highest BCUT2D eigenvalue weighted by Gasteiger charge is 2.50. The van der Waals surface area contributed by atoms with E-state index in [4.69, 9.17) is 4.74 Å². The molecule has 10 nitrogen and oxygen atoms in total. The Bertz CT molecular complexity index is 897. The highest BCUT2D eigenvalue weighted by atomic mass is 16.6. The largest absolute Gasteiger partial charge is 0.480 e. The molecule has 2 rings (SSSR count). The third-order valence-corrected chi connectivity index (χ3v) is 4.44. The Hall–Kier alpha value is -3.82. The Morgan fingerprint density at radius 1 is 0.931 bits per heavy atom. The first kappa shape index (κ1) is 21.5. The summed E-state index contributed by atoms with van der Waals surface area (Å²) in [4.78, 5) is 46.3. The van der Waals surface area contributed by atoms with Crippen molar-refractivity contribution >= 4 is 23.3 Å². The third kappa shape index (κ3) is 4.54. The maximum atomic E-state index is 12.7. The van der Waals surface area contributed by atoms with Gasteiger partial charge in [-0.15, -0.1) is 0 Å². The van der Waals surface area contributed by atoms with Crippen molar-refractivity contribution in [1.82, 2.24) is 0 Å². The molecule has 0 spiro atoms. The molecule has 0 aliphatic rings. The number of carbonyl (C=O) groups excluding carboxylic acids is 1. The van der Waals surface area contributed by atoms with Gasteiger partial charge in [-0.3, -0.25) is 29.8 Å². The number of hydrogen-bond donors (Lipinski definition) is 1. The van der Waals surface area contributed by atoms with Crippen LogP contribution in [0.4, 0.5) is 11.4 Å². The summed E-state index contributed by atoms with van der Waals surface area (Å²) < 4.78 is 4.95. The summed E-state index contributed by atoms with van der Waals surface area (Å²) in [6.07, 6.45) is -1.13. The zero-order valence-electron chi connectivity index (χ0n) is 15.4. The van der Waals surface area contributed by atoms with Crippen LogP contribution in [-0.2, 0) is 27.2 Å². The number of rotatable bonds is 9. The number of carbonyl (C=O) groups is 2. The molecule has 152 valence electrons. The Balaban J connectivity index is 2.64. The van der Waals surface area contributed by atoms with Crippen LogP contribution in [-0.4, -0.2) is 33.5 Å². The number of aliphatic carboxylic acids is 1. The number of carboxylic acid groups (broad SMARTS) is 1. The van der Waals surface area contributed by atoms with Crippen LogP contribution >= 0.6 is 0 Å². The Labute approximate surface area is 165 Å². The van der Waals surface area contributed by atoms with Crippen molar-refractivity contribution in [3.8, 4) is 0 Å². The predicted octanol–water partition coefficient (Wildman–Crippen LogP) is 2.92. The first-order valence-electron chi connectivity index (χ1n) is 8.58. The zero-order valence-corrected chi connectivity index (χ0v) is 15.4. The number of nitro groups is 2. The Morgan fingerprint density at radius 2 is 1.34 bits per heavy atom. The van der Waals surface area contributed by atoms with E-state index in [1.54, 1.807) is 0 Å². The minimum atomic E-state index is -2.28. The van der Waals surface area contributed by atoms with Crippen LogP contribution < -0.4 is 0 Å². The second-order valence-corrected chi connectivity index (χ2v) is 6.23. The molecule has 0 saturated heterocycles. The monoisotopic (exact) mass is 402 g/mol. The molecule has 1 N–H and O–H groups in total. The Morgan fingerprint density at radius 3 is 1.69 bits per heavy atom. The van der Waals surface area contributed by atoms with E-state index in [2.05, 4.69) is 0 Å². The summed E-state index contributed by atoms with van der Waals surface area (Å²) in [7, 11) is 0. The van der Waals surface area contributed by atoms with Crippen molar-refractivity contribution in [2.75, 3.05) is 6.61 Å². The molecule has 0 aliphatic heterocycles. The topological polar surface area (TPSA) is 150 Å². The van der Waals surface area contributed by atoms with Crippen molar-refractivity contribution in [1.29, 1.82) is 0 Å². The molecule has 29 heavy (non-hydrogen) atoms. The average Bonchev–Trinajstić information content (AvgIpc) is 2.67. The number of esters is 1. The van der Waals surface area contributed by atoms with Crippen LogP contribution in [0.25, 0.3) is 0 Å². The fraction of sp³-hybridized carbons (Fsp3) is 0.263. The lowest BCUT2D eigenvalue weighted by atomic mass is 9.75. The molecule has 2 aromatic rings. The molecule has 10 heteroatoms. The van der Waals surface area contributed by atoms with Gasteiger partial charge in [0.15, 0.2) is 5.41 Å². The lowest BCUT2D eigenvalue weighted by molar-refractivity contribution is -0.385. The SMILES string of the molecule is CCOC(=O)C(Cc1ccccc1[N+](=O)[O-])(Cc1ccccc1[N+](=O)[O-])C(=O)O. The summed E-state index contributed by atoms with van der Waals surface area (Å²) in [5.74, 6) is -2.71. The molecule has 0 atom stereocenters. The van der Waals surface area contributed by atoms with Gasteiger partial charge in [0.1, 0.15) is 0 Å². The number of nitro benzene ring substituents is 2. The van der Waals surface area contributed by atoms with Crippen molar-refractivity contribution in [3.63, 3.8) is 0 Å². The molecule has 0 aliphatic carbocycles. The molecular weight excluding hydrogens is 384 g/mol. The zero-order chi connectivity index (χ0) is 21.6. The van der Waals surface area contributed by atoms with Gasteiger partial charge in [-0.25, -0.2) is 0 Å². The fourth-order valence-electron chi connectivity index (χ4n) is 3.04. The van der Waals surface area contributed by atoms with Crippen molar-refractivity contribution < 1.29 is 29.3 Å².